The smallest absolute Gasteiger partial charge is 0.305 e. The number of aliphatic hydroxyl groups excluding tert-OH is 2. The number of rotatable bonds is 64. The summed E-state index contributed by atoms with van der Waals surface area (Å²) in [5, 5.41) is 23.0. The number of nitrogens with one attached hydrogen (secondary N) is 1. The van der Waals surface area contributed by atoms with Crippen molar-refractivity contribution in [3.8, 4) is 0 Å². The third kappa shape index (κ3) is 61.3. The molecule has 1 amide bonds. The molecular weight excluding hydrogens is 935 g/mol. The molecule has 0 aromatic carbocycles. The molecule has 0 saturated heterocycles. The molecule has 2 unspecified atom stereocenters. The first-order chi connectivity index (χ1) is 37.5. The number of allylic oxidation sites excluding steroid dienone is 5. The maximum atomic E-state index is 12.4. The minimum absolute atomic E-state index is 0.0132. The van der Waals surface area contributed by atoms with Crippen LogP contribution in [0.4, 0.5) is 0 Å². The fourth-order valence-corrected chi connectivity index (χ4v) is 10.7. The quantitative estimate of drug-likeness (QED) is 0.0320. The Hall–Kier alpha value is -1.92. The van der Waals surface area contributed by atoms with Crippen molar-refractivity contribution >= 4 is 11.9 Å². The molecular formula is C70H133NO5. The topological polar surface area (TPSA) is 95.9 Å². The van der Waals surface area contributed by atoms with Gasteiger partial charge in [0, 0.05) is 12.8 Å². The monoisotopic (exact) mass is 1070 g/mol. The molecule has 448 valence electrons. The van der Waals surface area contributed by atoms with Gasteiger partial charge in [0.2, 0.25) is 5.91 Å². The Bertz CT molecular complexity index is 1230. The third-order valence-electron chi connectivity index (χ3n) is 15.9. The van der Waals surface area contributed by atoms with Crippen molar-refractivity contribution in [2.75, 3.05) is 13.2 Å². The van der Waals surface area contributed by atoms with Gasteiger partial charge in [-0.3, -0.25) is 9.59 Å². The summed E-state index contributed by atoms with van der Waals surface area (Å²) in [6.07, 6.45) is 83.8. The number of amides is 1. The molecule has 76 heavy (non-hydrogen) atoms. The van der Waals surface area contributed by atoms with Crippen LogP contribution in [-0.2, 0) is 14.3 Å². The highest BCUT2D eigenvalue weighted by molar-refractivity contribution is 5.76. The van der Waals surface area contributed by atoms with E-state index in [0.29, 0.717) is 19.4 Å². The van der Waals surface area contributed by atoms with Crippen LogP contribution in [0.3, 0.4) is 0 Å². The molecule has 2 atom stereocenters. The van der Waals surface area contributed by atoms with Crippen LogP contribution < -0.4 is 5.32 Å². The fraction of sp³-hybridized carbons (Fsp3) is 0.886. The van der Waals surface area contributed by atoms with Crippen LogP contribution in [0.2, 0.25) is 0 Å². The van der Waals surface area contributed by atoms with Crippen molar-refractivity contribution in [1.29, 1.82) is 0 Å². The number of unbranched alkanes of at least 4 members (excludes halogenated alkanes) is 49. The average molecular weight is 1070 g/mol. The van der Waals surface area contributed by atoms with Crippen molar-refractivity contribution in [2.45, 2.75) is 386 Å². The van der Waals surface area contributed by atoms with Crippen LogP contribution in [0.5, 0.6) is 0 Å². The maximum absolute atomic E-state index is 12.4. The standard InChI is InChI=1S/C70H133NO5/c1-3-5-7-9-11-13-15-16-17-18-35-38-41-44-48-52-56-60-64-70(75)76-65-61-57-53-49-45-42-39-36-33-31-29-27-25-23-21-19-20-22-24-26-28-30-32-34-37-40-43-47-51-55-59-63-69(74)71-67(66-72)68(73)62-58-54-50-46-14-12-10-8-6-4-2/h13,15,17-18,58,62,67-68,72-73H,3-12,14,16,19-57,59-61,63-66H2,1-2H3,(H,71,74)/b15-13-,18-17-,62-58+. The van der Waals surface area contributed by atoms with E-state index >= 15 is 0 Å². The summed E-state index contributed by atoms with van der Waals surface area (Å²) in [4.78, 5) is 24.5. The van der Waals surface area contributed by atoms with Gasteiger partial charge in [0.05, 0.1) is 25.4 Å². The van der Waals surface area contributed by atoms with Crippen LogP contribution in [0.15, 0.2) is 36.5 Å². The number of carbonyl (C=O) groups is 2. The van der Waals surface area contributed by atoms with Crippen LogP contribution in [0, 0.1) is 0 Å². The molecule has 0 heterocycles. The first kappa shape index (κ1) is 74.1. The lowest BCUT2D eigenvalue weighted by Crippen LogP contribution is -2.45. The highest BCUT2D eigenvalue weighted by atomic mass is 16.5. The van der Waals surface area contributed by atoms with Gasteiger partial charge in [-0.15, -0.1) is 0 Å². The van der Waals surface area contributed by atoms with Gasteiger partial charge in [-0.25, -0.2) is 0 Å². The summed E-state index contributed by atoms with van der Waals surface area (Å²) in [7, 11) is 0. The molecule has 0 saturated carbocycles. The Balaban J connectivity index is 3.31. The Morgan fingerprint density at radius 1 is 0.368 bits per heavy atom. The summed E-state index contributed by atoms with van der Waals surface area (Å²) in [5.41, 5.74) is 0. The molecule has 0 spiro atoms. The highest BCUT2D eigenvalue weighted by Crippen LogP contribution is 2.18. The Kier molecular flexibility index (Phi) is 63.9. The van der Waals surface area contributed by atoms with Gasteiger partial charge in [0.25, 0.3) is 0 Å². The van der Waals surface area contributed by atoms with E-state index in [0.717, 1.165) is 51.4 Å². The Morgan fingerprint density at radius 2 is 0.658 bits per heavy atom. The van der Waals surface area contributed by atoms with Crippen LogP contribution in [-0.4, -0.2) is 47.4 Å². The molecule has 0 radical (unpaired) electrons. The lowest BCUT2D eigenvalue weighted by Gasteiger charge is -2.20. The molecule has 0 aromatic heterocycles. The van der Waals surface area contributed by atoms with E-state index in [4.69, 9.17) is 4.74 Å². The molecule has 0 fully saturated rings. The van der Waals surface area contributed by atoms with E-state index in [1.165, 1.54) is 295 Å². The number of aliphatic hydroxyl groups is 2. The molecule has 3 N–H and O–H groups in total. The lowest BCUT2D eigenvalue weighted by atomic mass is 10.0. The molecule has 0 aliphatic rings. The highest BCUT2D eigenvalue weighted by Gasteiger charge is 2.18. The van der Waals surface area contributed by atoms with Crippen LogP contribution in [0.25, 0.3) is 0 Å². The molecule has 6 nitrogen and oxygen atoms in total. The summed E-state index contributed by atoms with van der Waals surface area (Å²) >= 11 is 0. The van der Waals surface area contributed by atoms with Gasteiger partial charge in [-0.1, -0.05) is 333 Å². The first-order valence-electron chi connectivity index (χ1n) is 34.3. The third-order valence-corrected chi connectivity index (χ3v) is 15.9. The van der Waals surface area contributed by atoms with Crippen molar-refractivity contribution < 1.29 is 24.5 Å². The minimum Gasteiger partial charge on any atom is -0.466 e. The maximum Gasteiger partial charge on any atom is 0.305 e. The normalized spacial score (nSPS) is 12.7. The van der Waals surface area contributed by atoms with Crippen LogP contribution in [0.1, 0.15) is 373 Å². The second kappa shape index (κ2) is 65.6. The zero-order valence-corrected chi connectivity index (χ0v) is 51.3. The van der Waals surface area contributed by atoms with E-state index in [1.54, 1.807) is 6.08 Å². The van der Waals surface area contributed by atoms with Crippen LogP contribution >= 0.6 is 0 Å². The van der Waals surface area contributed by atoms with Crippen molar-refractivity contribution in [3.05, 3.63) is 36.5 Å². The van der Waals surface area contributed by atoms with Gasteiger partial charge >= 0.3 is 5.97 Å². The van der Waals surface area contributed by atoms with Crippen molar-refractivity contribution in [1.82, 2.24) is 5.32 Å². The largest absolute Gasteiger partial charge is 0.466 e. The Morgan fingerprint density at radius 3 is 1.01 bits per heavy atom. The summed E-state index contributed by atoms with van der Waals surface area (Å²) in [5.74, 6) is -0.0514. The van der Waals surface area contributed by atoms with Gasteiger partial charge in [0.15, 0.2) is 0 Å². The van der Waals surface area contributed by atoms with Gasteiger partial charge in [-0.05, 0) is 64.2 Å². The summed E-state index contributed by atoms with van der Waals surface area (Å²) in [6, 6.07) is -0.623. The molecule has 0 aromatic rings. The van der Waals surface area contributed by atoms with Crippen molar-refractivity contribution in [3.63, 3.8) is 0 Å². The molecule has 0 bridgehead atoms. The van der Waals surface area contributed by atoms with Gasteiger partial charge in [0.1, 0.15) is 0 Å². The predicted octanol–water partition coefficient (Wildman–Crippen LogP) is 21.9. The molecule has 6 heteroatoms. The minimum atomic E-state index is -0.839. The number of carbonyl (C=O) groups excluding carboxylic acids is 2. The molecule has 0 aliphatic heterocycles. The van der Waals surface area contributed by atoms with E-state index in [-0.39, 0.29) is 18.5 Å². The second-order valence-corrected chi connectivity index (χ2v) is 23.5. The number of hydrogen-bond donors (Lipinski definition) is 3. The van der Waals surface area contributed by atoms with Crippen molar-refractivity contribution in [2.24, 2.45) is 0 Å². The fourth-order valence-electron chi connectivity index (χ4n) is 10.7. The van der Waals surface area contributed by atoms with E-state index < -0.39 is 12.1 Å². The number of ether oxygens (including phenoxy) is 1. The average Bonchev–Trinajstić information content (AvgIpc) is 3.42. The van der Waals surface area contributed by atoms with E-state index in [9.17, 15) is 19.8 Å². The lowest BCUT2D eigenvalue weighted by molar-refractivity contribution is -0.143. The summed E-state index contributed by atoms with van der Waals surface area (Å²) < 4.78 is 5.50. The van der Waals surface area contributed by atoms with E-state index in [1.807, 2.05) is 6.08 Å². The van der Waals surface area contributed by atoms with E-state index in [2.05, 4.69) is 43.5 Å². The first-order valence-corrected chi connectivity index (χ1v) is 34.3. The molecule has 0 aliphatic carbocycles. The van der Waals surface area contributed by atoms with Gasteiger partial charge < -0.3 is 20.3 Å². The van der Waals surface area contributed by atoms with Gasteiger partial charge in [-0.2, -0.15) is 0 Å². The SMILES string of the molecule is CCCCCC/C=C\C/C=C\CCCCCCCCCC(=O)OCCCCCCCCCCCCCCCCCCCCCCCCCCCCCCCCCC(=O)NC(CO)C(O)/C=C/CCCCCCCCCC. The zero-order valence-electron chi connectivity index (χ0n) is 51.3. The number of hydrogen-bond acceptors (Lipinski definition) is 5. The molecule has 0 rings (SSSR count). The number of esters is 1. The predicted molar refractivity (Wildman–Crippen MR) is 333 cm³/mol. The zero-order chi connectivity index (χ0) is 55.0. The second-order valence-electron chi connectivity index (χ2n) is 23.5. The Labute approximate surface area is 474 Å². The summed E-state index contributed by atoms with van der Waals surface area (Å²) in [6.45, 7) is 4.89.